The van der Waals surface area contributed by atoms with Crippen LogP contribution in [-0.4, -0.2) is 12.6 Å². The Morgan fingerprint density at radius 2 is 1.85 bits per heavy atom. The van der Waals surface area contributed by atoms with Crippen LogP contribution in [0.1, 0.15) is 27.2 Å². The summed E-state index contributed by atoms with van der Waals surface area (Å²) >= 11 is 0. The first kappa shape index (κ1) is 17.4. The van der Waals surface area contributed by atoms with E-state index in [9.17, 15) is 4.79 Å². The van der Waals surface area contributed by atoms with Crippen molar-refractivity contribution < 1.29 is 9.53 Å². The standard InChI is InChI=1S/C18H18O2/c1-4-5-6-7-8-9-10-11-12-13-14-15-20-18(19)16-17(2)3/h10-13,16H,14-15H2,1-3H3. The Hall–Kier alpha value is -2.63. The maximum absolute atomic E-state index is 11.2. The molecule has 102 valence electrons. The summed E-state index contributed by atoms with van der Waals surface area (Å²) in [6.45, 7) is 5.81. The lowest BCUT2D eigenvalue weighted by atomic mass is 10.3. The summed E-state index contributed by atoms with van der Waals surface area (Å²) in [5.41, 5.74) is 0.931. The van der Waals surface area contributed by atoms with Crippen molar-refractivity contribution in [1.82, 2.24) is 0 Å². The average molecular weight is 266 g/mol. The molecule has 0 saturated heterocycles. The first-order valence-corrected chi connectivity index (χ1v) is 6.22. The third-order valence-corrected chi connectivity index (χ3v) is 1.75. The van der Waals surface area contributed by atoms with Crippen molar-refractivity contribution in [3.63, 3.8) is 0 Å². The highest BCUT2D eigenvalue weighted by atomic mass is 16.5. The number of esters is 1. The van der Waals surface area contributed by atoms with Crippen LogP contribution >= 0.6 is 0 Å². The van der Waals surface area contributed by atoms with Gasteiger partial charge in [0.25, 0.3) is 0 Å². The normalized spacial score (nSPS) is 8.75. The maximum atomic E-state index is 11.2. The van der Waals surface area contributed by atoms with Crippen LogP contribution in [0.15, 0.2) is 36.0 Å². The van der Waals surface area contributed by atoms with Gasteiger partial charge in [-0.1, -0.05) is 35.6 Å². The zero-order valence-electron chi connectivity index (χ0n) is 12.1. The van der Waals surface area contributed by atoms with Crippen molar-refractivity contribution in [3.05, 3.63) is 36.0 Å². The second-order valence-electron chi connectivity index (χ2n) is 3.86. The highest BCUT2D eigenvalue weighted by molar-refractivity contribution is 5.82. The van der Waals surface area contributed by atoms with Crippen LogP contribution in [0, 0.1) is 35.5 Å². The van der Waals surface area contributed by atoms with Gasteiger partial charge in [-0.15, -0.1) is 0 Å². The number of allylic oxidation sites excluding steroid dienone is 4. The zero-order chi connectivity index (χ0) is 15.1. The predicted octanol–water partition coefficient (Wildman–Crippen LogP) is 3.03. The van der Waals surface area contributed by atoms with Crippen LogP contribution < -0.4 is 0 Å². The number of hydrogen-bond acceptors (Lipinski definition) is 2. The Kier molecular flexibility index (Phi) is 11.1. The van der Waals surface area contributed by atoms with Gasteiger partial charge in [0, 0.05) is 6.08 Å². The molecule has 0 heterocycles. The molecule has 0 N–H and O–H groups in total. The quantitative estimate of drug-likeness (QED) is 0.251. The lowest BCUT2D eigenvalue weighted by molar-refractivity contribution is -0.137. The molecular formula is C18H18O2. The summed E-state index contributed by atoms with van der Waals surface area (Å²) in [5, 5.41) is 0. The van der Waals surface area contributed by atoms with Gasteiger partial charge in [-0.25, -0.2) is 4.79 Å². The van der Waals surface area contributed by atoms with Crippen molar-refractivity contribution in [3.8, 4) is 35.5 Å². The van der Waals surface area contributed by atoms with E-state index < -0.39 is 0 Å². The largest absolute Gasteiger partial charge is 0.462 e. The molecule has 0 bridgehead atoms. The molecule has 0 aliphatic carbocycles. The Balaban J connectivity index is 3.82. The average Bonchev–Trinajstić information content (AvgIpc) is 2.39. The van der Waals surface area contributed by atoms with E-state index in [0.29, 0.717) is 13.0 Å². The molecule has 0 atom stereocenters. The molecule has 0 unspecified atom stereocenters. The molecule has 2 heteroatoms. The topological polar surface area (TPSA) is 26.3 Å². The summed E-state index contributed by atoms with van der Waals surface area (Å²) < 4.78 is 4.99. The SMILES string of the molecule is CC#CC#CC#CC=CC=CCCOC(=O)C=C(C)C. The molecule has 0 aliphatic rings. The summed E-state index contributed by atoms with van der Waals surface area (Å²) in [4.78, 5) is 11.2. The third kappa shape index (κ3) is 13.4. The van der Waals surface area contributed by atoms with Gasteiger partial charge in [-0.3, -0.25) is 0 Å². The fourth-order valence-corrected chi connectivity index (χ4v) is 0.986. The summed E-state index contributed by atoms with van der Waals surface area (Å²) in [5.74, 6) is 15.6. The van der Waals surface area contributed by atoms with Gasteiger partial charge in [-0.05, 0) is 56.9 Å². The number of rotatable bonds is 5. The van der Waals surface area contributed by atoms with Gasteiger partial charge in [0.1, 0.15) is 0 Å². The molecule has 20 heavy (non-hydrogen) atoms. The number of carbonyl (C=O) groups excluding carboxylic acids is 1. The van der Waals surface area contributed by atoms with Crippen LogP contribution in [0.2, 0.25) is 0 Å². The van der Waals surface area contributed by atoms with Crippen LogP contribution in [0.5, 0.6) is 0 Å². The van der Waals surface area contributed by atoms with Gasteiger partial charge in [0.05, 0.1) is 6.61 Å². The Labute approximate surface area is 121 Å². The predicted molar refractivity (Wildman–Crippen MR) is 82.3 cm³/mol. The maximum Gasteiger partial charge on any atom is 0.330 e. The first-order valence-electron chi connectivity index (χ1n) is 6.22. The van der Waals surface area contributed by atoms with Crippen molar-refractivity contribution in [1.29, 1.82) is 0 Å². The third-order valence-electron chi connectivity index (χ3n) is 1.75. The van der Waals surface area contributed by atoms with E-state index in [4.69, 9.17) is 4.74 Å². The fourth-order valence-electron chi connectivity index (χ4n) is 0.986. The monoisotopic (exact) mass is 266 g/mol. The van der Waals surface area contributed by atoms with Crippen molar-refractivity contribution in [2.45, 2.75) is 27.2 Å². The van der Waals surface area contributed by atoms with Crippen molar-refractivity contribution >= 4 is 5.97 Å². The molecule has 2 nitrogen and oxygen atoms in total. The minimum absolute atomic E-state index is 0.298. The number of ether oxygens (including phenoxy) is 1. The molecule has 0 spiro atoms. The van der Waals surface area contributed by atoms with Gasteiger partial charge in [-0.2, -0.15) is 0 Å². The Morgan fingerprint density at radius 1 is 1.10 bits per heavy atom. The molecule has 0 saturated carbocycles. The molecule has 0 fully saturated rings. The molecule has 0 aromatic carbocycles. The van der Waals surface area contributed by atoms with Gasteiger partial charge in [0.15, 0.2) is 0 Å². The Bertz CT molecular complexity index is 566. The van der Waals surface area contributed by atoms with E-state index in [-0.39, 0.29) is 5.97 Å². The lowest BCUT2D eigenvalue weighted by Crippen LogP contribution is -2.01. The van der Waals surface area contributed by atoms with E-state index in [1.165, 1.54) is 6.08 Å². The Morgan fingerprint density at radius 3 is 2.55 bits per heavy atom. The minimum Gasteiger partial charge on any atom is -0.462 e. The molecule has 0 aromatic heterocycles. The van der Waals surface area contributed by atoms with Crippen LogP contribution in [-0.2, 0) is 9.53 Å². The van der Waals surface area contributed by atoms with Gasteiger partial charge < -0.3 is 4.74 Å². The molecule has 0 radical (unpaired) electrons. The molecular weight excluding hydrogens is 248 g/mol. The van der Waals surface area contributed by atoms with Gasteiger partial charge >= 0.3 is 5.97 Å². The second-order valence-corrected chi connectivity index (χ2v) is 3.86. The van der Waals surface area contributed by atoms with E-state index in [1.54, 1.807) is 19.1 Å². The van der Waals surface area contributed by atoms with E-state index >= 15 is 0 Å². The minimum atomic E-state index is -0.298. The van der Waals surface area contributed by atoms with Crippen LogP contribution in [0.4, 0.5) is 0 Å². The molecule has 0 aliphatic heterocycles. The van der Waals surface area contributed by atoms with Crippen molar-refractivity contribution in [2.75, 3.05) is 6.61 Å². The zero-order valence-corrected chi connectivity index (χ0v) is 12.1. The van der Waals surface area contributed by atoms with E-state index in [2.05, 4.69) is 35.5 Å². The van der Waals surface area contributed by atoms with E-state index in [0.717, 1.165) is 5.57 Å². The van der Waals surface area contributed by atoms with Crippen LogP contribution in [0.25, 0.3) is 0 Å². The number of carbonyl (C=O) groups is 1. The molecule has 0 rings (SSSR count). The summed E-state index contributed by atoms with van der Waals surface area (Å²) in [6, 6.07) is 0. The highest BCUT2D eigenvalue weighted by Crippen LogP contribution is 1.93. The lowest BCUT2D eigenvalue weighted by Gasteiger charge is -1.98. The fraction of sp³-hybridized carbons (Fsp3) is 0.278. The van der Waals surface area contributed by atoms with Crippen molar-refractivity contribution in [2.24, 2.45) is 0 Å². The van der Waals surface area contributed by atoms with Gasteiger partial charge in [0.2, 0.25) is 0 Å². The summed E-state index contributed by atoms with van der Waals surface area (Å²) in [7, 11) is 0. The molecule has 0 aromatic rings. The first-order chi connectivity index (χ1) is 9.66. The second kappa shape index (κ2) is 12.8. The van der Waals surface area contributed by atoms with Crippen LogP contribution in [0.3, 0.4) is 0 Å². The smallest absolute Gasteiger partial charge is 0.330 e. The highest BCUT2D eigenvalue weighted by Gasteiger charge is 1.94. The molecule has 0 amide bonds. The van der Waals surface area contributed by atoms with E-state index in [1.807, 2.05) is 26.0 Å². The summed E-state index contributed by atoms with van der Waals surface area (Å²) in [6.07, 6.45) is 9.40. The number of hydrogen-bond donors (Lipinski definition) is 0.